The second-order valence-corrected chi connectivity index (χ2v) is 6.74. The van der Waals surface area contributed by atoms with E-state index >= 15 is 0 Å². The van der Waals surface area contributed by atoms with Crippen LogP contribution in [-0.2, 0) is 11.3 Å². The summed E-state index contributed by atoms with van der Waals surface area (Å²) in [6, 6.07) is 5.76. The minimum Gasteiger partial charge on any atom is -0.464 e. The number of carbonyl (C=O) groups excluding carboxylic acids is 2. The van der Waals surface area contributed by atoms with Crippen LogP contribution < -0.4 is 5.32 Å². The van der Waals surface area contributed by atoms with Crippen molar-refractivity contribution in [2.24, 2.45) is 0 Å². The number of ether oxygens (including phenoxy) is 1. The lowest BCUT2D eigenvalue weighted by Crippen LogP contribution is -2.15. The van der Waals surface area contributed by atoms with E-state index in [1.807, 2.05) is 30.5 Å². The summed E-state index contributed by atoms with van der Waals surface area (Å²) in [5.74, 6) is -1.06. The number of nitrogens with one attached hydrogen (secondary N) is 1. The SMILES string of the molecule is CCn1cc(NC(=O)c2cnn3c(-c4cccs4)ccnc23)c(C(=O)OC)n1. The van der Waals surface area contributed by atoms with Gasteiger partial charge in [0.05, 0.1) is 29.6 Å². The molecule has 0 aliphatic heterocycles. The topological polar surface area (TPSA) is 103 Å². The molecule has 0 bridgehead atoms. The Hall–Kier alpha value is -3.53. The number of amides is 1. The first-order chi connectivity index (χ1) is 13.6. The van der Waals surface area contributed by atoms with E-state index in [4.69, 9.17) is 4.74 Å². The van der Waals surface area contributed by atoms with Gasteiger partial charge in [0.25, 0.3) is 5.91 Å². The summed E-state index contributed by atoms with van der Waals surface area (Å²) in [6.45, 7) is 2.42. The fourth-order valence-electron chi connectivity index (χ4n) is 2.77. The largest absolute Gasteiger partial charge is 0.464 e. The minimum absolute atomic E-state index is 0.0430. The monoisotopic (exact) mass is 396 g/mol. The fourth-order valence-corrected chi connectivity index (χ4v) is 3.51. The Morgan fingerprint density at radius 1 is 1.32 bits per heavy atom. The maximum atomic E-state index is 12.9. The Bertz CT molecular complexity index is 1160. The van der Waals surface area contributed by atoms with Crippen LogP contribution in [0.25, 0.3) is 16.2 Å². The maximum absolute atomic E-state index is 12.9. The number of fused-ring (bicyclic) bond motifs is 1. The molecular formula is C18H16N6O3S. The van der Waals surface area contributed by atoms with E-state index in [2.05, 4.69) is 20.5 Å². The van der Waals surface area contributed by atoms with Crippen LogP contribution in [0.1, 0.15) is 27.8 Å². The third-order valence-corrected chi connectivity index (χ3v) is 5.02. The molecule has 0 spiro atoms. The zero-order valence-corrected chi connectivity index (χ0v) is 15.9. The summed E-state index contributed by atoms with van der Waals surface area (Å²) in [5, 5.41) is 13.1. The first-order valence-corrected chi connectivity index (χ1v) is 9.34. The van der Waals surface area contributed by atoms with Gasteiger partial charge in [-0.15, -0.1) is 11.3 Å². The highest BCUT2D eigenvalue weighted by atomic mass is 32.1. The van der Waals surface area contributed by atoms with Gasteiger partial charge in [0.2, 0.25) is 0 Å². The third kappa shape index (κ3) is 3.03. The Labute approximate surface area is 163 Å². The average molecular weight is 396 g/mol. The van der Waals surface area contributed by atoms with Crippen molar-refractivity contribution in [3.05, 3.63) is 53.4 Å². The highest BCUT2D eigenvalue weighted by Gasteiger charge is 2.22. The molecule has 4 heterocycles. The molecule has 4 rings (SSSR count). The second-order valence-electron chi connectivity index (χ2n) is 5.79. The number of carbonyl (C=O) groups is 2. The van der Waals surface area contributed by atoms with E-state index in [1.54, 1.807) is 32.9 Å². The summed E-state index contributed by atoms with van der Waals surface area (Å²) in [4.78, 5) is 30.1. The van der Waals surface area contributed by atoms with Crippen LogP contribution >= 0.6 is 11.3 Å². The number of aromatic nitrogens is 5. The Morgan fingerprint density at radius 2 is 2.18 bits per heavy atom. The summed E-state index contributed by atoms with van der Waals surface area (Å²) in [5.41, 5.74) is 1.87. The molecule has 9 nitrogen and oxygen atoms in total. The minimum atomic E-state index is -0.625. The van der Waals surface area contributed by atoms with E-state index in [9.17, 15) is 9.59 Å². The molecule has 0 aliphatic carbocycles. The van der Waals surface area contributed by atoms with Crippen LogP contribution in [0, 0.1) is 0 Å². The molecule has 28 heavy (non-hydrogen) atoms. The van der Waals surface area contributed by atoms with Gasteiger partial charge in [0, 0.05) is 18.9 Å². The van der Waals surface area contributed by atoms with Crippen LogP contribution in [0.5, 0.6) is 0 Å². The van der Waals surface area contributed by atoms with Crippen molar-refractivity contribution in [1.29, 1.82) is 0 Å². The molecule has 0 unspecified atom stereocenters. The Balaban J connectivity index is 1.70. The van der Waals surface area contributed by atoms with E-state index in [0.29, 0.717) is 17.8 Å². The molecule has 0 saturated heterocycles. The first-order valence-electron chi connectivity index (χ1n) is 8.46. The van der Waals surface area contributed by atoms with Crippen LogP contribution in [0.4, 0.5) is 5.69 Å². The van der Waals surface area contributed by atoms with Gasteiger partial charge in [-0.05, 0) is 24.4 Å². The van der Waals surface area contributed by atoms with E-state index < -0.39 is 11.9 Å². The van der Waals surface area contributed by atoms with Crippen LogP contribution in [0.2, 0.25) is 0 Å². The number of thiophene rings is 1. The standard InChI is InChI=1S/C18H16N6O3S/c1-3-23-10-12(15(22-23)18(26)27-2)21-17(25)11-9-20-24-13(6-7-19-16(11)24)14-5-4-8-28-14/h4-10H,3H2,1-2H3,(H,21,25). The fraction of sp³-hybridized carbons (Fsp3) is 0.167. The molecular weight excluding hydrogens is 380 g/mol. The van der Waals surface area contributed by atoms with Gasteiger partial charge in [0.15, 0.2) is 11.3 Å². The molecule has 1 N–H and O–H groups in total. The van der Waals surface area contributed by atoms with Crippen LogP contribution in [0.15, 0.2) is 42.2 Å². The van der Waals surface area contributed by atoms with E-state index in [0.717, 1.165) is 10.6 Å². The number of hydrogen-bond donors (Lipinski definition) is 1. The zero-order chi connectivity index (χ0) is 19.7. The number of hydrogen-bond acceptors (Lipinski definition) is 7. The predicted molar refractivity (Wildman–Crippen MR) is 103 cm³/mol. The van der Waals surface area contributed by atoms with Crippen LogP contribution in [-0.4, -0.2) is 43.4 Å². The number of rotatable bonds is 5. The number of nitrogens with zero attached hydrogens (tertiary/aromatic N) is 5. The predicted octanol–water partition coefficient (Wildman–Crippen LogP) is 2.71. The van der Waals surface area contributed by atoms with Crippen molar-refractivity contribution < 1.29 is 14.3 Å². The second kappa shape index (κ2) is 7.24. The number of aryl methyl sites for hydroxylation is 1. The van der Waals surface area contributed by atoms with Crippen molar-refractivity contribution in [2.45, 2.75) is 13.5 Å². The summed E-state index contributed by atoms with van der Waals surface area (Å²) in [6.07, 6.45) is 4.68. The Kier molecular flexibility index (Phi) is 4.62. The van der Waals surface area contributed by atoms with Crippen molar-refractivity contribution >= 4 is 34.5 Å². The molecule has 0 saturated carbocycles. The lowest BCUT2D eigenvalue weighted by molar-refractivity contribution is 0.0594. The smallest absolute Gasteiger partial charge is 0.360 e. The van der Waals surface area contributed by atoms with E-state index in [1.165, 1.54) is 13.3 Å². The normalized spacial score (nSPS) is 10.9. The summed E-state index contributed by atoms with van der Waals surface area (Å²) < 4.78 is 7.91. The summed E-state index contributed by atoms with van der Waals surface area (Å²) >= 11 is 1.57. The van der Waals surface area contributed by atoms with Gasteiger partial charge in [0.1, 0.15) is 5.56 Å². The molecule has 0 aromatic carbocycles. The van der Waals surface area contributed by atoms with Crippen molar-refractivity contribution in [2.75, 3.05) is 12.4 Å². The Morgan fingerprint density at radius 3 is 2.89 bits per heavy atom. The summed E-state index contributed by atoms with van der Waals surface area (Å²) in [7, 11) is 1.26. The highest BCUT2D eigenvalue weighted by Crippen LogP contribution is 2.25. The van der Waals surface area contributed by atoms with Gasteiger partial charge in [-0.2, -0.15) is 10.2 Å². The van der Waals surface area contributed by atoms with Crippen molar-refractivity contribution in [3.8, 4) is 10.6 Å². The molecule has 0 radical (unpaired) electrons. The third-order valence-electron chi connectivity index (χ3n) is 4.13. The lowest BCUT2D eigenvalue weighted by atomic mass is 10.2. The maximum Gasteiger partial charge on any atom is 0.360 e. The van der Waals surface area contributed by atoms with E-state index in [-0.39, 0.29) is 11.4 Å². The molecule has 1 amide bonds. The molecule has 4 aromatic rings. The van der Waals surface area contributed by atoms with Crippen molar-refractivity contribution in [3.63, 3.8) is 0 Å². The molecule has 0 atom stereocenters. The molecule has 10 heteroatoms. The molecule has 0 aliphatic rings. The number of esters is 1. The molecule has 142 valence electrons. The zero-order valence-electron chi connectivity index (χ0n) is 15.1. The lowest BCUT2D eigenvalue weighted by Gasteiger charge is -2.04. The van der Waals surface area contributed by atoms with Crippen LogP contribution in [0.3, 0.4) is 0 Å². The van der Waals surface area contributed by atoms with Gasteiger partial charge in [-0.3, -0.25) is 9.48 Å². The number of methoxy groups -OCH3 is 1. The highest BCUT2D eigenvalue weighted by molar-refractivity contribution is 7.13. The first kappa shape index (κ1) is 17.9. The average Bonchev–Trinajstić information content (AvgIpc) is 3.45. The van der Waals surface area contributed by atoms with Gasteiger partial charge in [-0.1, -0.05) is 6.07 Å². The molecule has 4 aromatic heterocycles. The van der Waals surface area contributed by atoms with Gasteiger partial charge < -0.3 is 10.1 Å². The number of anilines is 1. The van der Waals surface area contributed by atoms with Crippen molar-refractivity contribution in [1.82, 2.24) is 24.4 Å². The quantitative estimate of drug-likeness (QED) is 0.520. The van der Waals surface area contributed by atoms with Gasteiger partial charge in [-0.25, -0.2) is 14.3 Å². The van der Waals surface area contributed by atoms with Gasteiger partial charge >= 0.3 is 5.97 Å². The molecule has 0 fully saturated rings.